The second kappa shape index (κ2) is 3.49. The summed E-state index contributed by atoms with van der Waals surface area (Å²) >= 11 is 0. The summed E-state index contributed by atoms with van der Waals surface area (Å²) < 4.78 is 1.51. The number of aryl methyl sites for hydroxylation is 1. The van der Waals surface area contributed by atoms with Gasteiger partial charge in [-0.25, -0.2) is 4.68 Å². The third-order valence-corrected chi connectivity index (χ3v) is 2.87. The van der Waals surface area contributed by atoms with Gasteiger partial charge in [-0.05, 0) is 12.8 Å². The fourth-order valence-electron chi connectivity index (χ4n) is 2.02. The van der Waals surface area contributed by atoms with Gasteiger partial charge in [0.1, 0.15) is 5.69 Å². The van der Waals surface area contributed by atoms with Crippen LogP contribution >= 0.6 is 0 Å². The minimum Gasteiger partial charge on any atom is -0.327 e. The Morgan fingerprint density at radius 3 is 2.93 bits per heavy atom. The van der Waals surface area contributed by atoms with Gasteiger partial charge in [-0.2, -0.15) is 0 Å². The molecule has 0 amide bonds. The van der Waals surface area contributed by atoms with Crippen LogP contribution in [0.1, 0.15) is 29.8 Å². The minimum absolute atomic E-state index is 0.0115. The van der Waals surface area contributed by atoms with E-state index in [1.807, 2.05) is 0 Å². The van der Waals surface area contributed by atoms with Crippen molar-refractivity contribution in [1.82, 2.24) is 15.0 Å². The summed E-state index contributed by atoms with van der Waals surface area (Å²) in [6.45, 7) is 0. The van der Waals surface area contributed by atoms with Gasteiger partial charge in [0.25, 0.3) is 0 Å². The molecule has 1 aromatic heterocycles. The van der Waals surface area contributed by atoms with Crippen LogP contribution in [0.25, 0.3) is 0 Å². The van der Waals surface area contributed by atoms with Crippen molar-refractivity contribution >= 4 is 5.78 Å². The Morgan fingerprint density at radius 2 is 2.43 bits per heavy atom. The Labute approximate surface area is 82.3 Å². The third kappa shape index (κ3) is 1.43. The van der Waals surface area contributed by atoms with E-state index < -0.39 is 0 Å². The lowest BCUT2D eigenvalue weighted by molar-refractivity contribution is 0.0903. The average Bonchev–Trinajstić information content (AvgIpc) is 2.73. The molecule has 2 atom stereocenters. The first-order chi connectivity index (χ1) is 6.70. The van der Waals surface area contributed by atoms with E-state index in [0.717, 1.165) is 19.3 Å². The molecule has 5 nitrogen and oxygen atoms in total. The van der Waals surface area contributed by atoms with Crippen LogP contribution in [0, 0.1) is 5.92 Å². The summed E-state index contributed by atoms with van der Waals surface area (Å²) in [5, 5.41) is 7.43. The van der Waals surface area contributed by atoms with Crippen molar-refractivity contribution in [2.75, 3.05) is 0 Å². The molecule has 1 fully saturated rings. The van der Waals surface area contributed by atoms with Crippen LogP contribution < -0.4 is 5.73 Å². The topological polar surface area (TPSA) is 73.8 Å². The molecule has 0 saturated heterocycles. The quantitative estimate of drug-likeness (QED) is 0.679. The first-order valence-corrected chi connectivity index (χ1v) is 4.84. The molecule has 2 rings (SSSR count). The van der Waals surface area contributed by atoms with Crippen LogP contribution in [0.5, 0.6) is 0 Å². The highest BCUT2D eigenvalue weighted by atomic mass is 16.1. The van der Waals surface area contributed by atoms with E-state index in [1.165, 1.54) is 10.9 Å². The van der Waals surface area contributed by atoms with Gasteiger partial charge < -0.3 is 5.73 Å². The largest absolute Gasteiger partial charge is 0.327 e. The van der Waals surface area contributed by atoms with Crippen molar-refractivity contribution in [3.05, 3.63) is 11.9 Å². The lowest BCUT2D eigenvalue weighted by atomic mass is 9.97. The molecule has 1 saturated carbocycles. The fraction of sp³-hybridized carbons (Fsp3) is 0.667. The Balaban J connectivity index is 2.20. The highest BCUT2D eigenvalue weighted by molar-refractivity contribution is 5.96. The lowest BCUT2D eigenvalue weighted by Gasteiger charge is -2.12. The molecule has 1 aliphatic carbocycles. The highest BCUT2D eigenvalue weighted by Crippen LogP contribution is 2.26. The molecule has 1 heterocycles. The van der Waals surface area contributed by atoms with Crippen molar-refractivity contribution in [2.24, 2.45) is 18.7 Å². The van der Waals surface area contributed by atoms with E-state index in [4.69, 9.17) is 5.73 Å². The van der Waals surface area contributed by atoms with E-state index in [1.54, 1.807) is 7.05 Å². The van der Waals surface area contributed by atoms with Gasteiger partial charge in [0.2, 0.25) is 0 Å². The predicted octanol–water partition coefficient (Wildman–Crippen LogP) is 0.125. The molecule has 0 bridgehead atoms. The first kappa shape index (κ1) is 9.33. The number of carbonyl (C=O) groups is 1. The molecule has 2 N–H and O–H groups in total. The summed E-state index contributed by atoms with van der Waals surface area (Å²) in [6, 6.07) is 0.0115. The van der Waals surface area contributed by atoms with E-state index >= 15 is 0 Å². The molecule has 76 valence electrons. The summed E-state index contributed by atoms with van der Waals surface area (Å²) in [7, 11) is 1.72. The van der Waals surface area contributed by atoms with Gasteiger partial charge in [0.05, 0.1) is 6.20 Å². The standard InChI is InChI=1S/C9H14N4O/c1-13-8(5-11-12-13)9(14)6-3-2-4-7(6)10/h5-7H,2-4,10H2,1H3. The number of Topliss-reactive ketones (excluding diaryl/α,β-unsaturated/α-hetero) is 1. The smallest absolute Gasteiger partial charge is 0.187 e. The molecule has 1 aliphatic rings. The van der Waals surface area contributed by atoms with Crippen molar-refractivity contribution in [3.63, 3.8) is 0 Å². The molecule has 0 aliphatic heterocycles. The monoisotopic (exact) mass is 194 g/mol. The molecular formula is C9H14N4O. The maximum Gasteiger partial charge on any atom is 0.187 e. The summed E-state index contributed by atoms with van der Waals surface area (Å²) in [5.41, 5.74) is 6.43. The number of nitrogens with two attached hydrogens (primary N) is 1. The Hall–Kier alpha value is -1.23. The van der Waals surface area contributed by atoms with Crippen molar-refractivity contribution in [2.45, 2.75) is 25.3 Å². The molecule has 0 spiro atoms. The SMILES string of the molecule is Cn1nncc1C(=O)C1CCCC1N. The number of hydrogen-bond donors (Lipinski definition) is 1. The maximum absolute atomic E-state index is 12.0. The normalized spacial score (nSPS) is 26.7. The number of carbonyl (C=O) groups excluding carboxylic acids is 1. The summed E-state index contributed by atoms with van der Waals surface area (Å²) in [5.74, 6) is 0.0506. The fourth-order valence-corrected chi connectivity index (χ4v) is 2.02. The van der Waals surface area contributed by atoms with Crippen LogP contribution in [0.4, 0.5) is 0 Å². The number of hydrogen-bond acceptors (Lipinski definition) is 4. The van der Waals surface area contributed by atoms with Gasteiger partial charge >= 0.3 is 0 Å². The lowest BCUT2D eigenvalue weighted by Crippen LogP contribution is -2.31. The van der Waals surface area contributed by atoms with Gasteiger partial charge in [0.15, 0.2) is 5.78 Å². The van der Waals surface area contributed by atoms with Crippen LogP contribution in [0.3, 0.4) is 0 Å². The number of aromatic nitrogens is 3. The van der Waals surface area contributed by atoms with Crippen molar-refractivity contribution in [3.8, 4) is 0 Å². The van der Waals surface area contributed by atoms with E-state index in [0.29, 0.717) is 5.69 Å². The van der Waals surface area contributed by atoms with Crippen molar-refractivity contribution in [1.29, 1.82) is 0 Å². The predicted molar refractivity (Wildman–Crippen MR) is 50.6 cm³/mol. The van der Waals surface area contributed by atoms with Crippen molar-refractivity contribution < 1.29 is 4.79 Å². The van der Waals surface area contributed by atoms with E-state index in [9.17, 15) is 4.79 Å². The van der Waals surface area contributed by atoms with Gasteiger partial charge in [0, 0.05) is 19.0 Å². The number of rotatable bonds is 2. The Bertz CT molecular complexity index is 346. The van der Waals surface area contributed by atoms with E-state index in [2.05, 4.69) is 10.3 Å². The first-order valence-electron chi connectivity index (χ1n) is 4.84. The second-order valence-electron chi connectivity index (χ2n) is 3.81. The Kier molecular flexibility index (Phi) is 2.33. The van der Waals surface area contributed by atoms with Gasteiger partial charge in [-0.1, -0.05) is 11.6 Å². The molecule has 0 aromatic carbocycles. The average molecular weight is 194 g/mol. The van der Waals surface area contributed by atoms with Crippen LogP contribution in [0.15, 0.2) is 6.20 Å². The molecule has 14 heavy (non-hydrogen) atoms. The van der Waals surface area contributed by atoms with Gasteiger partial charge in [-0.15, -0.1) is 5.10 Å². The zero-order chi connectivity index (χ0) is 10.1. The maximum atomic E-state index is 12.0. The molecule has 0 radical (unpaired) electrons. The van der Waals surface area contributed by atoms with Crippen LogP contribution in [-0.4, -0.2) is 26.8 Å². The molecule has 1 aromatic rings. The van der Waals surface area contributed by atoms with Gasteiger partial charge in [-0.3, -0.25) is 4.79 Å². The second-order valence-corrected chi connectivity index (χ2v) is 3.81. The van der Waals surface area contributed by atoms with Crippen LogP contribution in [-0.2, 0) is 7.05 Å². The third-order valence-electron chi connectivity index (χ3n) is 2.87. The number of nitrogens with zero attached hydrogens (tertiary/aromatic N) is 3. The molecular weight excluding hydrogens is 180 g/mol. The summed E-state index contributed by atoms with van der Waals surface area (Å²) in [6.07, 6.45) is 4.39. The molecule has 5 heteroatoms. The van der Waals surface area contributed by atoms with E-state index in [-0.39, 0.29) is 17.7 Å². The minimum atomic E-state index is -0.0350. The Morgan fingerprint density at radius 1 is 1.64 bits per heavy atom. The molecule has 2 unspecified atom stereocenters. The number of ketones is 1. The highest BCUT2D eigenvalue weighted by Gasteiger charge is 2.32. The summed E-state index contributed by atoms with van der Waals surface area (Å²) in [4.78, 5) is 12.0. The zero-order valence-electron chi connectivity index (χ0n) is 8.18. The zero-order valence-corrected chi connectivity index (χ0v) is 8.18. The van der Waals surface area contributed by atoms with Crippen LogP contribution in [0.2, 0.25) is 0 Å².